The van der Waals surface area contributed by atoms with Crippen molar-refractivity contribution in [2.45, 2.75) is 55.7 Å². The van der Waals surface area contributed by atoms with Gasteiger partial charge in [-0.15, -0.1) is 24.9 Å². The molecule has 44 heavy (non-hydrogen) atoms. The number of para-hydroxylation sites is 1. The minimum atomic E-state index is -0.779. The fraction of sp³-hybridized carbons (Fsp3) is 0.457. The predicted octanol–water partition coefficient (Wildman–Crippen LogP) is 5.49. The first-order valence-electron chi connectivity index (χ1n) is 15.4. The number of aliphatic hydroxyl groups excluding tert-OH is 1. The van der Waals surface area contributed by atoms with Crippen molar-refractivity contribution in [3.63, 3.8) is 0 Å². The fourth-order valence-corrected chi connectivity index (χ4v) is 10.4. The van der Waals surface area contributed by atoms with Gasteiger partial charge in [0.1, 0.15) is 6.04 Å². The van der Waals surface area contributed by atoms with Gasteiger partial charge in [0, 0.05) is 38.0 Å². The highest BCUT2D eigenvalue weighted by atomic mass is 35.5. The number of carbonyl (C=O) groups excluding carboxylic acids is 3. The van der Waals surface area contributed by atoms with Gasteiger partial charge in [0.15, 0.2) is 0 Å². The van der Waals surface area contributed by atoms with Crippen molar-refractivity contribution in [1.29, 1.82) is 0 Å². The van der Waals surface area contributed by atoms with Crippen LogP contribution in [-0.4, -0.2) is 74.9 Å². The third kappa shape index (κ3) is 5.50. The van der Waals surface area contributed by atoms with Crippen LogP contribution in [0, 0.1) is 24.7 Å². The van der Waals surface area contributed by atoms with Crippen molar-refractivity contribution >= 4 is 46.8 Å². The van der Waals surface area contributed by atoms with E-state index in [-0.39, 0.29) is 42.0 Å². The summed E-state index contributed by atoms with van der Waals surface area (Å²) in [6.07, 6.45) is 5.22. The number of aryl methyl sites for hydroxylation is 1. The Morgan fingerprint density at radius 1 is 1.09 bits per heavy atom. The molecule has 1 N–H and O–H groups in total. The van der Waals surface area contributed by atoms with E-state index in [1.165, 1.54) is 0 Å². The van der Waals surface area contributed by atoms with Crippen LogP contribution in [0.3, 0.4) is 0 Å². The lowest BCUT2D eigenvalue weighted by Crippen LogP contribution is -2.57. The summed E-state index contributed by atoms with van der Waals surface area (Å²) in [5.41, 5.74) is 2.47. The first-order chi connectivity index (χ1) is 21.2. The largest absolute Gasteiger partial charge is 0.396 e. The molecule has 0 radical (unpaired) electrons. The van der Waals surface area contributed by atoms with E-state index >= 15 is 0 Å². The molecular weight excluding hydrogens is 594 g/mol. The maximum Gasteiger partial charge on any atom is 0.251 e. The number of anilines is 1. The summed E-state index contributed by atoms with van der Waals surface area (Å²) < 4.78 is -0.764. The standard InChI is InChI=1S/C35H42ClN3O4S/c1-5-17-37(22-25-14-8-7-9-15-25)32(41)28-27-21-24(4)35(44-27)29(28)33(42)39(19-10-11-20-40)31(35)34(43)38(18-6-2)30-23(3)13-12-16-26(30)36/h5-9,12-16,24,27-29,31,40H,1-2,10-11,17-22H2,3-4H3/t24?,27-,28+,29-,31?,35?/m0/s1. The highest BCUT2D eigenvalue weighted by molar-refractivity contribution is 8.02. The van der Waals surface area contributed by atoms with Gasteiger partial charge in [0.25, 0.3) is 5.91 Å². The number of aliphatic hydroxyl groups is 1. The molecule has 6 atom stereocenters. The Morgan fingerprint density at radius 3 is 2.48 bits per heavy atom. The molecule has 0 aromatic heterocycles. The van der Waals surface area contributed by atoms with Gasteiger partial charge >= 0.3 is 0 Å². The van der Waals surface area contributed by atoms with Crippen molar-refractivity contribution in [2.75, 3.05) is 31.1 Å². The van der Waals surface area contributed by atoms with E-state index in [1.807, 2.05) is 49.4 Å². The molecule has 3 amide bonds. The van der Waals surface area contributed by atoms with Crippen molar-refractivity contribution in [2.24, 2.45) is 17.8 Å². The Hall–Kier alpha value is -3.07. The third-order valence-corrected chi connectivity index (χ3v) is 11.9. The van der Waals surface area contributed by atoms with Gasteiger partial charge in [0.05, 0.1) is 27.3 Å². The third-order valence-electron chi connectivity index (χ3n) is 9.49. The van der Waals surface area contributed by atoms with Crippen LogP contribution in [0.2, 0.25) is 5.02 Å². The van der Waals surface area contributed by atoms with Crippen LogP contribution >= 0.6 is 23.4 Å². The van der Waals surface area contributed by atoms with Gasteiger partial charge in [-0.2, -0.15) is 0 Å². The Balaban J connectivity index is 1.57. The zero-order valence-corrected chi connectivity index (χ0v) is 27.1. The Morgan fingerprint density at radius 2 is 1.82 bits per heavy atom. The molecule has 3 unspecified atom stereocenters. The number of unbranched alkanes of at least 4 members (excludes halogenated alkanes) is 1. The summed E-state index contributed by atoms with van der Waals surface area (Å²) >= 11 is 8.36. The molecule has 2 bridgehead atoms. The highest BCUT2D eigenvalue weighted by Gasteiger charge is 2.76. The van der Waals surface area contributed by atoms with Crippen LogP contribution in [0.1, 0.15) is 37.3 Å². The minimum absolute atomic E-state index is 0.000952. The van der Waals surface area contributed by atoms with Gasteiger partial charge in [0.2, 0.25) is 11.8 Å². The molecule has 7 nitrogen and oxygen atoms in total. The maximum absolute atomic E-state index is 14.9. The van der Waals surface area contributed by atoms with Gasteiger partial charge in [-0.3, -0.25) is 14.4 Å². The SMILES string of the molecule is C=CCN(Cc1ccccc1)C(=O)[C@@H]1[C@@H]2CC(C)C3(S2)C(C(=O)N(CC=C)c2c(C)cccc2Cl)N(CCCCO)C(=O)[C@H]13. The Kier molecular flexibility index (Phi) is 9.93. The molecule has 0 aliphatic carbocycles. The van der Waals surface area contributed by atoms with Crippen LogP contribution in [0.25, 0.3) is 0 Å². The zero-order chi connectivity index (χ0) is 31.6. The number of amides is 3. The van der Waals surface area contributed by atoms with Crippen LogP contribution in [0.5, 0.6) is 0 Å². The number of hydrogen-bond acceptors (Lipinski definition) is 5. The molecule has 234 valence electrons. The lowest BCUT2D eigenvalue weighted by Gasteiger charge is -2.41. The number of likely N-dealkylation sites (tertiary alicyclic amines) is 1. The molecule has 9 heteroatoms. The van der Waals surface area contributed by atoms with E-state index in [2.05, 4.69) is 20.1 Å². The summed E-state index contributed by atoms with van der Waals surface area (Å²) in [4.78, 5) is 49.1. The van der Waals surface area contributed by atoms with E-state index in [1.54, 1.807) is 44.7 Å². The minimum Gasteiger partial charge on any atom is -0.396 e. The van der Waals surface area contributed by atoms with Gasteiger partial charge in [-0.05, 0) is 49.3 Å². The summed E-state index contributed by atoms with van der Waals surface area (Å²) in [5, 5.41) is 9.92. The van der Waals surface area contributed by atoms with Gasteiger partial charge < -0.3 is 19.8 Å². The molecule has 3 aliphatic heterocycles. The fourth-order valence-electron chi connectivity index (χ4n) is 7.65. The topological polar surface area (TPSA) is 81.2 Å². The molecule has 3 heterocycles. The van der Waals surface area contributed by atoms with E-state index in [0.717, 1.165) is 17.5 Å². The summed E-state index contributed by atoms with van der Waals surface area (Å²) in [7, 11) is 0. The average molecular weight is 636 g/mol. The maximum atomic E-state index is 14.9. The number of rotatable bonds is 13. The van der Waals surface area contributed by atoms with Crippen LogP contribution in [0.15, 0.2) is 73.8 Å². The van der Waals surface area contributed by atoms with Crippen molar-refractivity contribution < 1.29 is 19.5 Å². The van der Waals surface area contributed by atoms with Crippen LogP contribution in [0.4, 0.5) is 5.69 Å². The molecule has 3 saturated heterocycles. The first-order valence-corrected chi connectivity index (χ1v) is 16.7. The highest BCUT2D eigenvalue weighted by Crippen LogP contribution is 2.69. The Labute approximate surface area is 269 Å². The molecular formula is C35H42ClN3O4S. The second kappa shape index (κ2) is 13.5. The quantitative estimate of drug-likeness (QED) is 0.233. The monoisotopic (exact) mass is 635 g/mol. The molecule has 1 spiro atoms. The molecule has 0 saturated carbocycles. The number of benzene rings is 2. The van der Waals surface area contributed by atoms with Gasteiger partial charge in [-0.25, -0.2) is 0 Å². The molecule has 2 aromatic rings. The number of hydrogen-bond donors (Lipinski definition) is 1. The van der Waals surface area contributed by atoms with Crippen LogP contribution < -0.4 is 4.90 Å². The summed E-state index contributed by atoms with van der Waals surface area (Å²) in [5.74, 6) is -1.55. The lowest BCUT2D eigenvalue weighted by molar-refractivity contribution is -0.144. The second-order valence-electron chi connectivity index (χ2n) is 12.2. The number of halogens is 1. The Bertz CT molecular complexity index is 1400. The average Bonchev–Trinajstić information content (AvgIpc) is 3.60. The van der Waals surface area contributed by atoms with Crippen molar-refractivity contribution in [1.82, 2.24) is 9.80 Å². The smallest absolute Gasteiger partial charge is 0.251 e. The number of thioether (sulfide) groups is 1. The molecule has 3 aliphatic rings. The normalized spacial score (nSPS) is 26.9. The van der Waals surface area contributed by atoms with Crippen molar-refractivity contribution in [3.8, 4) is 0 Å². The predicted molar refractivity (Wildman–Crippen MR) is 177 cm³/mol. The number of fused-ring (bicyclic) bond motifs is 1. The number of carbonyl (C=O) groups is 3. The summed E-state index contributed by atoms with van der Waals surface area (Å²) in [6, 6.07) is 14.6. The molecule has 3 fully saturated rings. The molecule has 2 aromatic carbocycles. The van der Waals surface area contributed by atoms with Crippen LogP contribution in [-0.2, 0) is 20.9 Å². The lowest BCUT2D eigenvalue weighted by atomic mass is 9.65. The summed E-state index contributed by atoms with van der Waals surface area (Å²) in [6.45, 7) is 13.2. The first kappa shape index (κ1) is 32.3. The number of nitrogens with zero attached hydrogens (tertiary/aromatic N) is 3. The molecule has 5 rings (SSSR count). The van der Waals surface area contributed by atoms with E-state index in [4.69, 9.17) is 11.6 Å². The van der Waals surface area contributed by atoms with Gasteiger partial charge in [-0.1, -0.05) is 73.1 Å². The zero-order valence-electron chi connectivity index (χ0n) is 25.5. The van der Waals surface area contributed by atoms with E-state index in [9.17, 15) is 19.5 Å². The van der Waals surface area contributed by atoms with E-state index < -0.39 is 22.6 Å². The van der Waals surface area contributed by atoms with Crippen molar-refractivity contribution in [3.05, 3.63) is 90.0 Å². The second-order valence-corrected chi connectivity index (χ2v) is 14.1. The van der Waals surface area contributed by atoms with E-state index in [0.29, 0.717) is 43.2 Å².